The smallest absolute Gasteiger partial charge is 0.228 e. The minimum Gasteiger partial charge on any atom is -0.370 e. The molecule has 1 aliphatic carbocycles. The number of carbonyl (C=O) groups is 1. The summed E-state index contributed by atoms with van der Waals surface area (Å²) >= 11 is 5.89. The summed E-state index contributed by atoms with van der Waals surface area (Å²) in [4.78, 5) is 20.5. The number of amides is 1. The normalized spacial score (nSPS) is 17.6. The Hall–Kier alpha value is -3.39. The molecule has 3 N–H and O–H groups in total. The second-order valence-electron chi connectivity index (χ2n) is 7.55. The lowest BCUT2D eigenvalue weighted by Gasteiger charge is -2.12. The zero-order chi connectivity index (χ0) is 20.7. The fraction of sp³-hybridized carbons (Fsp3) is 0.238. The van der Waals surface area contributed by atoms with Crippen LogP contribution < -0.4 is 16.0 Å². The lowest BCUT2D eigenvalue weighted by molar-refractivity contribution is -0.118. The summed E-state index contributed by atoms with van der Waals surface area (Å²) in [6, 6.07) is 5.49. The second kappa shape index (κ2) is 7.46. The van der Waals surface area contributed by atoms with Gasteiger partial charge in [-0.1, -0.05) is 18.2 Å². The zero-order valence-electron chi connectivity index (χ0n) is 16.2. The van der Waals surface area contributed by atoms with E-state index in [0.717, 1.165) is 29.2 Å². The Morgan fingerprint density at radius 1 is 1.33 bits per heavy atom. The van der Waals surface area contributed by atoms with Crippen molar-refractivity contribution in [3.63, 3.8) is 0 Å². The van der Waals surface area contributed by atoms with Crippen molar-refractivity contribution in [2.24, 2.45) is 5.92 Å². The van der Waals surface area contributed by atoms with Gasteiger partial charge in [-0.15, -0.1) is 0 Å². The fourth-order valence-electron chi connectivity index (χ4n) is 3.34. The number of pyridine rings is 1. The fourth-order valence-corrected chi connectivity index (χ4v) is 3.45. The number of carbonyl (C=O) groups excluding carboxylic acids is 1. The second-order valence-corrected chi connectivity index (χ2v) is 7.94. The molecule has 2 aliphatic rings. The van der Waals surface area contributed by atoms with Gasteiger partial charge in [0.25, 0.3) is 0 Å². The highest BCUT2D eigenvalue weighted by atomic mass is 35.5. The van der Waals surface area contributed by atoms with Crippen LogP contribution in [0.1, 0.15) is 24.8 Å². The summed E-state index contributed by atoms with van der Waals surface area (Å²) in [5.41, 5.74) is 3.73. The standard InChI is InChI=1S/C21H20ClN7O/c1-12-14(7-20(30)26-12)6-15-10-25-29-19(24-9-13-2-3-13)8-18(28-21(15)29)27-16-4-5-17(22)23-11-16/h4-6,8,10-11,13,24H,1-3,7,9H2,(H,26,30)(H,27,28)/b14-6+. The Kier molecular flexibility index (Phi) is 4.63. The van der Waals surface area contributed by atoms with Crippen molar-refractivity contribution in [1.82, 2.24) is 24.9 Å². The molecule has 1 saturated heterocycles. The van der Waals surface area contributed by atoms with Gasteiger partial charge in [-0.3, -0.25) is 4.79 Å². The summed E-state index contributed by atoms with van der Waals surface area (Å²) in [5.74, 6) is 2.16. The first kappa shape index (κ1) is 18.6. The number of hydrogen-bond donors (Lipinski definition) is 3. The third-order valence-corrected chi connectivity index (χ3v) is 5.35. The molecule has 8 nitrogen and oxygen atoms in total. The molecule has 0 aromatic carbocycles. The number of aromatic nitrogens is 4. The van der Waals surface area contributed by atoms with Crippen LogP contribution in [0.25, 0.3) is 11.7 Å². The van der Waals surface area contributed by atoms with E-state index in [9.17, 15) is 4.79 Å². The van der Waals surface area contributed by atoms with Crippen LogP contribution in [-0.2, 0) is 4.79 Å². The van der Waals surface area contributed by atoms with Crippen molar-refractivity contribution in [2.45, 2.75) is 19.3 Å². The van der Waals surface area contributed by atoms with E-state index in [1.807, 2.05) is 18.2 Å². The molecule has 3 aromatic heterocycles. The Labute approximate surface area is 178 Å². The zero-order valence-corrected chi connectivity index (χ0v) is 16.9. The molecule has 1 saturated carbocycles. The lowest BCUT2D eigenvalue weighted by Crippen LogP contribution is -2.10. The molecule has 4 heterocycles. The lowest BCUT2D eigenvalue weighted by atomic mass is 10.1. The van der Waals surface area contributed by atoms with Crippen LogP contribution in [-0.4, -0.2) is 32.0 Å². The first-order chi connectivity index (χ1) is 14.5. The van der Waals surface area contributed by atoms with Gasteiger partial charge in [0, 0.05) is 23.9 Å². The topological polar surface area (TPSA) is 96.2 Å². The molecule has 1 amide bonds. The van der Waals surface area contributed by atoms with Gasteiger partial charge in [0.2, 0.25) is 5.91 Å². The van der Waals surface area contributed by atoms with Gasteiger partial charge >= 0.3 is 0 Å². The van der Waals surface area contributed by atoms with Crippen molar-refractivity contribution in [1.29, 1.82) is 0 Å². The van der Waals surface area contributed by atoms with Crippen LogP contribution in [0.2, 0.25) is 5.15 Å². The maximum Gasteiger partial charge on any atom is 0.228 e. The van der Waals surface area contributed by atoms with Crippen LogP contribution >= 0.6 is 11.6 Å². The van der Waals surface area contributed by atoms with Crippen molar-refractivity contribution in [2.75, 3.05) is 17.2 Å². The number of anilines is 3. The maximum absolute atomic E-state index is 11.7. The summed E-state index contributed by atoms with van der Waals surface area (Å²) in [6.45, 7) is 4.81. The molecule has 5 rings (SSSR count). The van der Waals surface area contributed by atoms with Gasteiger partial charge in [-0.2, -0.15) is 9.61 Å². The van der Waals surface area contributed by atoms with E-state index in [0.29, 0.717) is 34.7 Å². The van der Waals surface area contributed by atoms with Gasteiger partial charge in [0.15, 0.2) is 5.65 Å². The molecule has 0 atom stereocenters. The molecule has 152 valence electrons. The van der Waals surface area contributed by atoms with E-state index in [2.05, 4.69) is 32.6 Å². The van der Waals surface area contributed by atoms with Gasteiger partial charge in [-0.25, -0.2) is 9.97 Å². The summed E-state index contributed by atoms with van der Waals surface area (Å²) < 4.78 is 1.78. The van der Waals surface area contributed by atoms with E-state index >= 15 is 0 Å². The highest BCUT2D eigenvalue weighted by Gasteiger charge is 2.22. The molecular formula is C21H20ClN7O. The number of hydrogen-bond acceptors (Lipinski definition) is 6. The van der Waals surface area contributed by atoms with Crippen LogP contribution in [0, 0.1) is 5.92 Å². The highest BCUT2D eigenvalue weighted by molar-refractivity contribution is 6.29. The van der Waals surface area contributed by atoms with Crippen LogP contribution in [0.3, 0.4) is 0 Å². The first-order valence-corrected chi connectivity index (χ1v) is 10.1. The summed E-state index contributed by atoms with van der Waals surface area (Å²) in [6.07, 6.45) is 8.13. The third kappa shape index (κ3) is 3.86. The number of rotatable bonds is 6. The van der Waals surface area contributed by atoms with Crippen molar-refractivity contribution in [3.8, 4) is 0 Å². The molecule has 0 spiro atoms. The van der Waals surface area contributed by atoms with E-state index in [4.69, 9.17) is 16.6 Å². The molecule has 3 aromatic rings. The quantitative estimate of drug-likeness (QED) is 0.524. The number of nitrogens with one attached hydrogen (secondary N) is 3. The van der Waals surface area contributed by atoms with Gasteiger partial charge < -0.3 is 16.0 Å². The number of allylic oxidation sites excluding steroid dienone is 1. The molecule has 0 unspecified atom stereocenters. The van der Waals surface area contributed by atoms with E-state index in [1.165, 1.54) is 12.8 Å². The number of nitrogens with zero attached hydrogens (tertiary/aromatic N) is 4. The Morgan fingerprint density at radius 2 is 2.20 bits per heavy atom. The first-order valence-electron chi connectivity index (χ1n) is 9.76. The van der Waals surface area contributed by atoms with Crippen molar-refractivity contribution < 1.29 is 4.79 Å². The summed E-state index contributed by atoms with van der Waals surface area (Å²) in [5, 5.41) is 14.4. The molecule has 0 radical (unpaired) electrons. The van der Waals surface area contributed by atoms with E-state index < -0.39 is 0 Å². The SMILES string of the molecule is C=C1NC(=O)C/C1=C\c1cnn2c(NCC3CC3)cc(Nc3ccc(Cl)nc3)nc12. The van der Waals surface area contributed by atoms with Crippen LogP contribution in [0.4, 0.5) is 17.3 Å². The number of halogens is 1. The van der Waals surface area contributed by atoms with Gasteiger partial charge in [0.1, 0.15) is 16.8 Å². The van der Waals surface area contributed by atoms with Gasteiger partial charge in [-0.05, 0) is 42.5 Å². The summed E-state index contributed by atoms with van der Waals surface area (Å²) in [7, 11) is 0. The molecule has 2 fully saturated rings. The minimum absolute atomic E-state index is 0.0555. The van der Waals surface area contributed by atoms with E-state index in [-0.39, 0.29) is 5.91 Å². The molecule has 1 aliphatic heterocycles. The molecule has 30 heavy (non-hydrogen) atoms. The van der Waals surface area contributed by atoms with Crippen LogP contribution in [0.15, 0.2) is 48.4 Å². The maximum atomic E-state index is 11.7. The largest absolute Gasteiger partial charge is 0.370 e. The average Bonchev–Trinajstić information content (AvgIpc) is 3.39. The minimum atomic E-state index is -0.0555. The van der Waals surface area contributed by atoms with Gasteiger partial charge in [0.05, 0.1) is 24.5 Å². The Morgan fingerprint density at radius 3 is 2.90 bits per heavy atom. The highest BCUT2D eigenvalue weighted by Crippen LogP contribution is 2.30. The predicted molar refractivity (Wildman–Crippen MR) is 117 cm³/mol. The predicted octanol–water partition coefficient (Wildman–Crippen LogP) is 3.76. The van der Waals surface area contributed by atoms with Crippen molar-refractivity contribution >= 4 is 46.6 Å². The molecular weight excluding hydrogens is 402 g/mol. The Balaban J connectivity index is 1.54. The monoisotopic (exact) mass is 421 g/mol. The molecule has 0 bridgehead atoms. The number of fused-ring (bicyclic) bond motifs is 1. The Bertz CT molecular complexity index is 1180. The average molecular weight is 422 g/mol. The molecule has 9 heteroatoms. The van der Waals surface area contributed by atoms with Crippen LogP contribution in [0.5, 0.6) is 0 Å². The van der Waals surface area contributed by atoms with E-state index in [1.54, 1.807) is 23.0 Å². The van der Waals surface area contributed by atoms with Crippen molar-refractivity contribution in [3.05, 3.63) is 59.2 Å². The third-order valence-electron chi connectivity index (χ3n) is 5.13.